The number of urea groups is 1. The zero-order valence-electron chi connectivity index (χ0n) is 8.69. The van der Waals surface area contributed by atoms with E-state index in [1.54, 1.807) is 5.01 Å². The van der Waals surface area contributed by atoms with Crippen LogP contribution < -0.4 is 75.6 Å². The van der Waals surface area contributed by atoms with Crippen LogP contribution in [0.1, 0.15) is 0 Å². The molecule has 0 unspecified atom stereocenters. The van der Waals surface area contributed by atoms with Crippen LogP contribution in [-0.2, 0) is 11.4 Å². The van der Waals surface area contributed by atoms with Crippen molar-refractivity contribution in [3.05, 3.63) is 0 Å². The van der Waals surface area contributed by atoms with Gasteiger partial charge in [0.2, 0.25) is 0 Å². The molecule has 0 atom stereocenters. The zero-order chi connectivity index (χ0) is 10.3. The number of rotatable bonds is 1. The fraction of sp³-hybridized carbons (Fsp3) is 0.750. The molecule has 8 nitrogen and oxygen atoms in total. The largest absolute Gasteiger partial charge is 1.00 e. The number of carbonyl (C=O) groups is 1. The van der Waals surface area contributed by atoms with Crippen molar-refractivity contribution in [1.82, 2.24) is 15.8 Å². The van der Waals surface area contributed by atoms with E-state index in [4.69, 9.17) is 19.0 Å². The molecular formula is C4H10N4Na2O4S. The Morgan fingerprint density at radius 1 is 1.47 bits per heavy atom. The molecule has 2 amide bonds. The third-order valence-electron chi connectivity index (χ3n) is 1.13. The molecule has 1 saturated heterocycles. The maximum Gasteiger partial charge on any atom is 1.00 e. The van der Waals surface area contributed by atoms with Crippen molar-refractivity contribution in [3.8, 4) is 0 Å². The van der Waals surface area contributed by atoms with E-state index >= 15 is 0 Å². The molecule has 1 fully saturated rings. The van der Waals surface area contributed by atoms with Crippen molar-refractivity contribution in [2.45, 2.75) is 0 Å². The van der Waals surface area contributed by atoms with E-state index in [-0.39, 0.29) is 59.1 Å². The van der Waals surface area contributed by atoms with Gasteiger partial charge in [-0.2, -0.15) is 0 Å². The van der Waals surface area contributed by atoms with Gasteiger partial charge in [0.05, 0.1) is 6.67 Å². The Labute approximate surface area is 134 Å². The predicted molar refractivity (Wildman–Crippen MR) is 42.0 cm³/mol. The van der Waals surface area contributed by atoms with Crippen molar-refractivity contribution < 1.29 is 77.2 Å². The van der Waals surface area contributed by atoms with Crippen LogP contribution >= 0.6 is 0 Å². The Kier molecular flexibility index (Phi) is 19.1. The second-order valence-corrected chi connectivity index (χ2v) is 2.51. The van der Waals surface area contributed by atoms with E-state index in [2.05, 4.69) is 10.7 Å². The minimum absolute atomic E-state index is 0. The molecule has 0 bridgehead atoms. The van der Waals surface area contributed by atoms with Gasteiger partial charge in [0.25, 0.3) is 0 Å². The summed E-state index contributed by atoms with van der Waals surface area (Å²) in [7, 11) is 0. The van der Waals surface area contributed by atoms with Gasteiger partial charge in [-0.05, 0) is 0 Å². The van der Waals surface area contributed by atoms with E-state index < -0.39 is 17.4 Å². The first-order chi connectivity index (χ1) is 6.02. The topological polar surface area (TPSA) is 134 Å². The summed E-state index contributed by atoms with van der Waals surface area (Å²) < 4.78 is 25.3. The maximum atomic E-state index is 10.2. The summed E-state index contributed by atoms with van der Waals surface area (Å²) in [5.74, 6) is 0. The summed E-state index contributed by atoms with van der Waals surface area (Å²) in [6, 6.07) is -0.501. The van der Waals surface area contributed by atoms with E-state index in [0.717, 1.165) is 13.1 Å². The molecule has 0 saturated carbocycles. The molecular weight excluding hydrogens is 246 g/mol. The van der Waals surface area contributed by atoms with Crippen LogP contribution in [0.3, 0.4) is 0 Å². The van der Waals surface area contributed by atoms with Crippen molar-refractivity contribution in [2.75, 3.05) is 19.8 Å². The molecule has 4 N–H and O–H groups in total. The summed E-state index contributed by atoms with van der Waals surface area (Å²) in [5, 5.41) is 4.76. The standard InChI is InChI=1S/C4H10N4O.2Na.H2O3S/c5-4(9)7-8-2-1-6-3-8;;;1-4(2)3/h6H,1-3H2,(H3,5,7,9);;;(H2,1,2,3)/q;2*+1;/p-2. The second kappa shape index (κ2) is 13.3. The summed E-state index contributed by atoms with van der Waals surface area (Å²) in [4.78, 5) is 10.2. The normalized spacial score (nSPS) is 14.3. The number of primary amides is 1. The summed E-state index contributed by atoms with van der Waals surface area (Å²) in [6.45, 7) is 2.41. The maximum absolute atomic E-state index is 10.2. The molecule has 1 aliphatic heterocycles. The fourth-order valence-corrected chi connectivity index (χ4v) is 0.758. The van der Waals surface area contributed by atoms with Gasteiger partial charge < -0.3 is 20.2 Å². The van der Waals surface area contributed by atoms with Crippen molar-refractivity contribution in [2.24, 2.45) is 5.73 Å². The summed E-state index contributed by atoms with van der Waals surface area (Å²) in [6.07, 6.45) is 0. The van der Waals surface area contributed by atoms with Gasteiger partial charge in [0, 0.05) is 13.1 Å². The number of nitrogens with two attached hydrogens (primary N) is 1. The number of hydrogen-bond acceptors (Lipinski definition) is 6. The Balaban J connectivity index is -0.000000213. The number of nitrogens with zero attached hydrogens (tertiary/aromatic N) is 1. The second-order valence-electron chi connectivity index (χ2n) is 2.10. The van der Waals surface area contributed by atoms with Gasteiger partial charge in [0.1, 0.15) is 0 Å². The van der Waals surface area contributed by atoms with Crippen molar-refractivity contribution in [3.63, 3.8) is 0 Å². The number of carbonyl (C=O) groups excluding carboxylic acids is 1. The first-order valence-electron chi connectivity index (χ1n) is 3.31. The molecule has 0 radical (unpaired) electrons. The first kappa shape index (κ1) is 21.5. The Morgan fingerprint density at radius 3 is 2.20 bits per heavy atom. The Morgan fingerprint density at radius 2 is 1.93 bits per heavy atom. The SMILES string of the molecule is NC(=O)NN1CCNC1.O=S([O-])[O-].[Na+].[Na+]. The van der Waals surface area contributed by atoms with Crippen molar-refractivity contribution >= 4 is 17.4 Å². The number of nitrogens with one attached hydrogen (secondary N) is 2. The smallest absolute Gasteiger partial charge is 0.784 e. The van der Waals surface area contributed by atoms with Gasteiger partial charge >= 0.3 is 65.1 Å². The Hall–Kier alpha value is 1.26. The van der Waals surface area contributed by atoms with E-state index in [1.807, 2.05) is 0 Å². The van der Waals surface area contributed by atoms with Gasteiger partial charge in [0.15, 0.2) is 0 Å². The van der Waals surface area contributed by atoms with Crippen molar-refractivity contribution in [1.29, 1.82) is 0 Å². The minimum atomic E-state index is -3.11. The number of amides is 2. The third kappa shape index (κ3) is 17.9. The molecule has 1 aliphatic rings. The average molecular weight is 256 g/mol. The number of hydrazine groups is 1. The van der Waals surface area contributed by atoms with Crippen LogP contribution in [0.25, 0.3) is 0 Å². The van der Waals surface area contributed by atoms with E-state index in [0.29, 0.717) is 6.67 Å². The quantitative estimate of drug-likeness (QED) is 0.315. The molecule has 1 heterocycles. The van der Waals surface area contributed by atoms with Gasteiger partial charge in [-0.15, -0.1) is 11.4 Å². The average Bonchev–Trinajstić information content (AvgIpc) is 2.36. The monoisotopic (exact) mass is 256 g/mol. The molecule has 0 spiro atoms. The van der Waals surface area contributed by atoms with E-state index in [9.17, 15) is 4.79 Å². The van der Waals surface area contributed by atoms with Gasteiger partial charge in [-0.3, -0.25) is 9.63 Å². The Bertz CT molecular complexity index is 187. The summed E-state index contributed by atoms with van der Waals surface area (Å²) >= 11 is -3.11. The van der Waals surface area contributed by atoms with Gasteiger partial charge in [-0.25, -0.2) is 9.80 Å². The van der Waals surface area contributed by atoms with Gasteiger partial charge in [-0.1, -0.05) is 0 Å². The molecule has 0 aromatic carbocycles. The van der Waals surface area contributed by atoms with Crippen LogP contribution in [-0.4, -0.2) is 44.1 Å². The van der Waals surface area contributed by atoms with Crippen LogP contribution in [0.2, 0.25) is 0 Å². The molecule has 0 aromatic heterocycles. The number of hydrogen-bond donors (Lipinski definition) is 3. The third-order valence-corrected chi connectivity index (χ3v) is 1.13. The molecule has 15 heavy (non-hydrogen) atoms. The van der Waals surface area contributed by atoms with Crippen LogP contribution in [0.4, 0.5) is 4.79 Å². The fourth-order valence-electron chi connectivity index (χ4n) is 0.758. The first-order valence-corrected chi connectivity index (χ1v) is 4.31. The van der Waals surface area contributed by atoms with Crippen LogP contribution in [0, 0.1) is 0 Å². The molecule has 0 aliphatic carbocycles. The molecule has 1 rings (SSSR count). The molecule has 0 aromatic rings. The molecule has 78 valence electrons. The van der Waals surface area contributed by atoms with E-state index in [1.165, 1.54) is 0 Å². The molecule has 11 heteroatoms. The predicted octanol–water partition coefficient (Wildman–Crippen LogP) is -8.56. The summed E-state index contributed by atoms with van der Waals surface area (Å²) in [5.41, 5.74) is 7.30. The zero-order valence-corrected chi connectivity index (χ0v) is 13.5. The van der Waals surface area contributed by atoms with Crippen LogP contribution in [0.5, 0.6) is 0 Å². The minimum Gasteiger partial charge on any atom is -0.784 e. The van der Waals surface area contributed by atoms with Crippen LogP contribution in [0.15, 0.2) is 0 Å².